The van der Waals surface area contributed by atoms with Gasteiger partial charge < -0.3 is 14.6 Å². The first-order valence-corrected chi connectivity index (χ1v) is 9.48. The second-order valence-electron chi connectivity index (χ2n) is 7.48. The summed E-state index contributed by atoms with van der Waals surface area (Å²) in [6.07, 6.45) is 3.33. The Labute approximate surface area is 163 Å². The van der Waals surface area contributed by atoms with E-state index in [1.807, 2.05) is 23.1 Å². The fourth-order valence-electron chi connectivity index (χ4n) is 3.90. The number of rotatable bonds is 4. The highest BCUT2D eigenvalue weighted by molar-refractivity contribution is 5.97. The SMILES string of the molecule is Cn1cnc2cc(C(=O)N3CC[C@@H](Cc4cccc(CO)c4)C3)ccc2c1=O. The monoisotopic (exact) mass is 377 g/mol. The van der Waals surface area contributed by atoms with Crippen molar-refractivity contribution in [1.29, 1.82) is 0 Å². The molecule has 28 heavy (non-hydrogen) atoms. The number of aromatic nitrogens is 2. The lowest BCUT2D eigenvalue weighted by atomic mass is 9.97. The molecule has 0 aliphatic carbocycles. The Bertz CT molecular complexity index is 1090. The van der Waals surface area contributed by atoms with Crippen molar-refractivity contribution in [3.05, 3.63) is 75.8 Å². The summed E-state index contributed by atoms with van der Waals surface area (Å²) in [7, 11) is 1.66. The zero-order valence-electron chi connectivity index (χ0n) is 15.8. The lowest BCUT2D eigenvalue weighted by molar-refractivity contribution is 0.0787. The summed E-state index contributed by atoms with van der Waals surface area (Å²) in [6, 6.07) is 13.1. The molecule has 6 heteroatoms. The Kier molecular flexibility index (Phi) is 4.96. The predicted octanol–water partition coefficient (Wildman–Crippen LogP) is 2.13. The first kappa shape index (κ1) is 18.4. The fourth-order valence-corrected chi connectivity index (χ4v) is 3.90. The van der Waals surface area contributed by atoms with Gasteiger partial charge >= 0.3 is 0 Å². The second-order valence-corrected chi connectivity index (χ2v) is 7.48. The van der Waals surface area contributed by atoms with E-state index in [-0.39, 0.29) is 18.1 Å². The van der Waals surface area contributed by atoms with Gasteiger partial charge in [-0.1, -0.05) is 24.3 Å². The molecule has 1 aliphatic rings. The largest absolute Gasteiger partial charge is 0.392 e. The van der Waals surface area contributed by atoms with Crippen molar-refractivity contribution in [1.82, 2.24) is 14.5 Å². The van der Waals surface area contributed by atoms with Crippen LogP contribution in [0.15, 0.2) is 53.6 Å². The van der Waals surface area contributed by atoms with Gasteiger partial charge in [-0.15, -0.1) is 0 Å². The molecule has 0 unspecified atom stereocenters. The maximum Gasteiger partial charge on any atom is 0.260 e. The Morgan fingerprint density at radius 2 is 2.04 bits per heavy atom. The molecule has 0 bridgehead atoms. The average Bonchev–Trinajstić information content (AvgIpc) is 3.18. The second kappa shape index (κ2) is 7.56. The molecule has 6 nitrogen and oxygen atoms in total. The van der Waals surface area contributed by atoms with Crippen LogP contribution in [0.25, 0.3) is 10.9 Å². The summed E-state index contributed by atoms with van der Waals surface area (Å²) in [6.45, 7) is 1.48. The van der Waals surface area contributed by atoms with Crippen molar-refractivity contribution >= 4 is 16.8 Å². The third-order valence-corrected chi connectivity index (χ3v) is 5.44. The van der Waals surface area contributed by atoms with Gasteiger partial charge in [0.1, 0.15) is 0 Å². The first-order valence-electron chi connectivity index (χ1n) is 9.48. The predicted molar refractivity (Wildman–Crippen MR) is 107 cm³/mol. The molecule has 1 amide bonds. The number of fused-ring (bicyclic) bond motifs is 1. The number of nitrogens with zero attached hydrogens (tertiary/aromatic N) is 3. The molecule has 0 spiro atoms. The molecule has 1 aromatic heterocycles. The number of carbonyl (C=O) groups excluding carboxylic acids is 1. The summed E-state index contributed by atoms with van der Waals surface area (Å²) >= 11 is 0. The zero-order valence-corrected chi connectivity index (χ0v) is 15.8. The molecular weight excluding hydrogens is 354 g/mol. The Morgan fingerprint density at radius 3 is 2.86 bits per heavy atom. The van der Waals surface area contributed by atoms with E-state index in [0.717, 1.165) is 24.9 Å². The van der Waals surface area contributed by atoms with Gasteiger partial charge in [0.25, 0.3) is 11.5 Å². The molecule has 1 saturated heterocycles. The summed E-state index contributed by atoms with van der Waals surface area (Å²) in [5.74, 6) is 0.389. The van der Waals surface area contributed by atoms with Crippen LogP contribution in [0.3, 0.4) is 0 Å². The lowest BCUT2D eigenvalue weighted by Gasteiger charge is -2.17. The number of aryl methyl sites for hydroxylation is 1. The quantitative estimate of drug-likeness (QED) is 0.756. The number of hydrogen-bond acceptors (Lipinski definition) is 4. The third-order valence-electron chi connectivity index (χ3n) is 5.44. The van der Waals surface area contributed by atoms with Gasteiger partial charge in [0.15, 0.2) is 0 Å². The van der Waals surface area contributed by atoms with Gasteiger partial charge in [-0.2, -0.15) is 0 Å². The van der Waals surface area contributed by atoms with Crippen LogP contribution >= 0.6 is 0 Å². The number of hydrogen-bond donors (Lipinski definition) is 1. The minimum atomic E-state index is -0.115. The molecule has 2 aromatic carbocycles. The standard InChI is InChI=1S/C22H23N3O3/c1-24-14-23-20-11-18(5-6-19(20)22(24)28)21(27)25-8-7-16(12-25)9-15-3-2-4-17(10-15)13-26/h2-6,10-11,14,16,26H,7-9,12-13H2,1H3/t16-/m0/s1. The van der Waals surface area contributed by atoms with Crippen molar-refractivity contribution in [3.8, 4) is 0 Å². The molecule has 1 atom stereocenters. The van der Waals surface area contributed by atoms with E-state index >= 15 is 0 Å². The van der Waals surface area contributed by atoms with Crippen LogP contribution < -0.4 is 5.56 Å². The lowest BCUT2D eigenvalue weighted by Crippen LogP contribution is -2.29. The van der Waals surface area contributed by atoms with Gasteiger partial charge in [-0.25, -0.2) is 4.98 Å². The highest BCUT2D eigenvalue weighted by Crippen LogP contribution is 2.23. The van der Waals surface area contributed by atoms with Gasteiger partial charge in [0, 0.05) is 25.7 Å². The topological polar surface area (TPSA) is 75.4 Å². The molecule has 0 radical (unpaired) electrons. The average molecular weight is 377 g/mol. The summed E-state index contributed by atoms with van der Waals surface area (Å²) < 4.78 is 1.43. The molecule has 1 fully saturated rings. The van der Waals surface area contributed by atoms with Crippen molar-refractivity contribution < 1.29 is 9.90 Å². The van der Waals surface area contributed by atoms with E-state index in [2.05, 4.69) is 11.1 Å². The van der Waals surface area contributed by atoms with Crippen LogP contribution in [-0.4, -0.2) is 38.6 Å². The van der Waals surface area contributed by atoms with Crippen LogP contribution in [-0.2, 0) is 20.1 Å². The van der Waals surface area contributed by atoms with Gasteiger partial charge in [-0.05, 0) is 48.1 Å². The zero-order chi connectivity index (χ0) is 19.7. The smallest absolute Gasteiger partial charge is 0.260 e. The van der Waals surface area contributed by atoms with Crippen LogP contribution in [0.1, 0.15) is 27.9 Å². The first-order chi connectivity index (χ1) is 13.5. The van der Waals surface area contributed by atoms with Crippen molar-refractivity contribution in [2.24, 2.45) is 13.0 Å². The number of carbonyl (C=O) groups is 1. The van der Waals surface area contributed by atoms with Gasteiger partial charge in [0.05, 0.1) is 23.8 Å². The van der Waals surface area contributed by atoms with E-state index < -0.39 is 0 Å². The molecule has 2 heterocycles. The Hall–Kier alpha value is -2.99. The Morgan fingerprint density at radius 1 is 1.21 bits per heavy atom. The minimum Gasteiger partial charge on any atom is -0.392 e. The van der Waals surface area contributed by atoms with Crippen molar-refractivity contribution in [2.45, 2.75) is 19.4 Å². The van der Waals surface area contributed by atoms with Gasteiger partial charge in [-0.3, -0.25) is 9.59 Å². The normalized spacial score (nSPS) is 16.6. The molecule has 1 aliphatic heterocycles. The van der Waals surface area contributed by atoms with Crippen LogP contribution in [0.4, 0.5) is 0 Å². The molecule has 4 rings (SSSR count). The molecule has 3 aromatic rings. The summed E-state index contributed by atoms with van der Waals surface area (Å²) in [5, 5.41) is 9.81. The van der Waals surface area contributed by atoms with Crippen LogP contribution in [0.5, 0.6) is 0 Å². The number of benzene rings is 2. The van der Waals surface area contributed by atoms with E-state index in [9.17, 15) is 14.7 Å². The van der Waals surface area contributed by atoms with Crippen LogP contribution in [0.2, 0.25) is 0 Å². The summed E-state index contributed by atoms with van der Waals surface area (Å²) in [4.78, 5) is 31.2. The van der Waals surface area contributed by atoms with Crippen LogP contribution in [0, 0.1) is 5.92 Å². The molecule has 1 N–H and O–H groups in total. The highest BCUT2D eigenvalue weighted by atomic mass is 16.3. The van der Waals surface area contributed by atoms with Crippen molar-refractivity contribution in [2.75, 3.05) is 13.1 Å². The number of likely N-dealkylation sites (tertiary alicyclic amines) is 1. The third kappa shape index (κ3) is 3.55. The fraction of sp³-hybridized carbons (Fsp3) is 0.318. The minimum absolute atomic E-state index is 0.0176. The summed E-state index contributed by atoms with van der Waals surface area (Å²) in [5.41, 5.74) is 3.10. The van der Waals surface area contributed by atoms with Gasteiger partial charge in [0.2, 0.25) is 0 Å². The number of amides is 1. The van der Waals surface area contributed by atoms with E-state index in [1.165, 1.54) is 16.5 Å². The highest BCUT2D eigenvalue weighted by Gasteiger charge is 2.27. The maximum absolute atomic E-state index is 12.9. The molecule has 0 saturated carbocycles. The molecule has 144 valence electrons. The Balaban J connectivity index is 1.48. The van der Waals surface area contributed by atoms with E-state index in [1.54, 1.807) is 25.2 Å². The number of aliphatic hydroxyl groups excluding tert-OH is 1. The van der Waals surface area contributed by atoms with Crippen molar-refractivity contribution in [3.63, 3.8) is 0 Å². The van der Waals surface area contributed by atoms with E-state index in [0.29, 0.717) is 28.9 Å². The maximum atomic E-state index is 12.9. The molecular formula is C22H23N3O3. The number of aliphatic hydroxyl groups is 1. The van der Waals surface area contributed by atoms with E-state index in [4.69, 9.17) is 0 Å².